The fourth-order valence-electron chi connectivity index (χ4n) is 6.22. The number of hydrogen-bond donors (Lipinski definition) is 1. The van der Waals surface area contributed by atoms with Crippen molar-refractivity contribution in [3.05, 3.63) is 24.3 Å². The second-order valence-corrected chi connectivity index (χ2v) is 15.1. The first-order valence-corrected chi connectivity index (χ1v) is 22.1. The van der Waals surface area contributed by atoms with Gasteiger partial charge >= 0.3 is 6.09 Å². The van der Waals surface area contributed by atoms with E-state index in [1.54, 1.807) is 0 Å². The number of hydrogen-bond acceptors (Lipinski definition) is 5. The Kier molecular flexibility index (Phi) is 41.9. The van der Waals surface area contributed by atoms with Crippen LogP contribution in [0.5, 0.6) is 0 Å². The SMILES string of the molecule is CCCCCCCC/C=C\CCCCCCCCOCC(COC(=O)NCCCN(C)C)OCCCCCCCC/C=C\CCCCCCCC. The number of carbonyl (C=O) groups excluding carboxylic acids is 1. The summed E-state index contributed by atoms with van der Waals surface area (Å²) in [5, 5.41) is 2.85. The van der Waals surface area contributed by atoms with Crippen molar-refractivity contribution in [3.63, 3.8) is 0 Å². The smallest absolute Gasteiger partial charge is 0.407 e. The number of unbranched alkanes of at least 4 members (excludes halogenated alkanes) is 24. The summed E-state index contributed by atoms with van der Waals surface area (Å²) in [6, 6.07) is 0. The van der Waals surface area contributed by atoms with E-state index in [1.165, 1.54) is 167 Å². The van der Waals surface area contributed by atoms with Crippen LogP contribution in [0.15, 0.2) is 24.3 Å². The fourth-order valence-corrected chi connectivity index (χ4v) is 6.22. The topological polar surface area (TPSA) is 60.0 Å². The van der Waals surface area contributed by atoms with Crippen molar-refractivity contribution < 1.29 is 19.0 Å². The normalized spacial score (nSPS) is 12.5. The van der Waals surface area contributed by atoms with Gasteiger partial charge in [-0.05, 0) is 91.3 Å². The lowest BCUT2D eigenvalue weighted by Crippen LogP contribution is -2.33. The molecule has 1 unspecified atom stereocenters. The van der Waals surface area contributed by atoms with E-state index in [9.17, 15) is 4.79 Å². The Bertz CT molecular complexity index is 742. The van der Waals surface area contributed by atoms with Crippen molar-refractivity contribution in [1.29, 1.82) is 0 Å². The van der Waals surface area contributed by atoms with Gasteiger partial charge in [-0.15, -0.1) is 0 Å². The number of alkyl carbamates (subject to hydrolysis) is 1. The second kappa shape index (κ2) is 43.0. The summed E-state index contributed by atoms with van der Waals surface area (Å²) >= 11 is 0. The van der Waals surface area contributed by atoms with Crippen molar-refractivity contribution >= 4 is 6.09 Å². The first kappa shape index (κ1) is 49.6. The van der Waals surface area contributed by atoms with Crippen molar-refractivity contribution in [2.45, 2.75) is 206 Å². The Labute approximate surface area is 318 Å². The average molecular weight is 721 g/mol. The molecule has 0 spiro atoms. The summed E-state index contributed by atoms with van der Waals surface area (Å²) < 4.78 is 17.7. The minimum absolute atomic E-state index is 0.213. The van der Waals surface area contributed by atoms with Crippen molar-refractivity contribution in [3.8, 4) is 0 Å². The molecule has 302 valence electrons. The lowest BCUT2D eigenvalue weighted by molar-refractivity contribution is -0.0468. The van der Waals surface area contributed by atoms with Crippen LogP contribution in [-0.4, -0.2) is 70.7 Å². The first-order chi connectivity index (χ1) is 25.1. The van der Waals surface area contributed by atoms with Crippen LogP contribution in [-0.2, 0) is 14.2 Å². The van der Waals surface area contributed by atoms with E-state index >= 15 is 0 Å². The zero-order valence-electron chi connectivity index (χ0n) is 34.7. The standard InChI is InChI=1S/C45H88N2O4/c1-5-7-9-11-13-15-17-19-21-23-25-27-29-31-33-35-40-49-42-44(43-51-45(48)46-38-37-39-47(3)4)50-41-36-34-32-30-28-26-24-22-20-18-16-14-12-10-8-6-2/h19-22,44H,5-18,23-43H2,1-4H3,(H,46,48)/b21-19-,22-20-. The molecule has 0 rings (SSSR count). The zero-order chi connectivity index (χ0) is 37.1. The number of allylic oxidation sites excluding steroid dienone is 4. The van der Waals surface area contributed by atoms with Gasteiger partial charge in [-0.3, -0.25) is 0 Å². The number of carbonyl (C=O) groups is 1. The van der Waals surface area contributed by atoms with E-state index in [4.69, 9.17) is 14.2 Å². The first-order valence-electron chi connectivity index (χ1n) is 22.1. The molecule has 0 aromatic carbocycles. The predicted octanol–water partition coefficient (Wildman–Crippen LogP) is 13.1. The number of ether oxygens (including phenoxy) is 3. The molecular weight excluding hydrogens is 633 g/mol. The highest BCUT2D eigenvalue weighted by atomic mass is 16.6. The molecule has 6 heteroatoms. The summed E-state index contributed by atoms with van der Waals surface area (Å²) in [5.74, 6) is 0. The molecule has 1 amide bonds. The maximum Gasteiger partial charge on any atom is 0.407 e. The number of nitrogens with zero attached hydrogens (tertiary/aromatic N) is 1. The molecule has 0 aromatic rings. The van der Waals surface area contributed by atoms with E-state index in [0.717, 1.165) is 32.4 Å². The van der Waals surface area contributed by atoms with Crippen LogP contribution < -0.4 is 5.32 Å². The maximum absolute atomic E-state index is 12.2. The van der Waals surface area contributed by atoms with E-state index in [1.807, 2.05) is 14.1 Å². The van der Waals surface area contributed by atoms with E-state index < -0.39 is 0 Å². The van der Waals surface area contributed by atoms with Crippen LogP contribution in [0.3, 0.4) is 0 Å². The van der Waals surface area contributed by atoms with Crippen molar-refractivity contribution in [2.24, 2.45) is 0 Å². The third-order valence-electron chi connectivity index (χ3n) is 9.57. The molecule has 0 saturated heterocycles. The lowest BCUT2D eigenvalue weighted by atomic mass is 10.1. The van der Waals surface area contributed by atoms with E-state index in [2.05, 4.69) is 48.4 Å². The van der Waals surface area contributed by atoms with Crippen molar-refractivity contribution in [2.75, 3.05) is 53.6 Å². The lowest BCUT2D eigenvalue weighted by Gasteiger charge is -2.18. The molecule has 0 radical (unpaired) electrons. The zero-order valence-corrected chi connectivity index (χ0v) is 34.7. The third-order valence-corrected chi connectivity index (χ3v) is 9.57. The quantitative estimate of drug-likeness (QED) is 0.0503. The van der Waals surface area contributed by atoms with Gasteiger partial charge in [0, 0.05) is 19.8 Å². The van der Waals surface area contributed by atoms with Gasteiger partial charge in [0.2, 0.25) is 0 Å². The minimum Gasteiger partial charge on any atom is -0.447 e. The van der Waals surface area contributed by atoms with Gasteiger partial charge in [0.25, 0.3) is 0 Å². The Morgan fingerprint density at radius 3 is 1.39 bits per heavy atom. The summed E-state index contributed by atoms with van der Waals surface area (Å²) in [6.07, 6.45) is 46.3. The van der Waals surface area contributed by atoms with Gasteiger partial charge in [0.05, 0.1) is 6.61 Å². The molecule has 1 atom stereocenters. The monoisotopic (exact) mass is 721 g/mol. The molecule has 0 aliphatic heterocycles. The fraction of sp³-hybridized carbons (Fsp3) is 0.889. The number of rotatable bonds is 41. The van der Waals surface area contributed by atoms with Gasteiger partial charge in [0.1, 0.15) is 12.7 Å². The summed E-state index contributed by atoms with van der Waals surface area (Å²) in [4.78, 5) is 14.3. The van der Waals surface area contributed by atoms with Gasteiger partial charge < -0.3 is 24.4 Å². The van der Waals surface area contributed by atoms with Crippen LogP contribution >= 0.6 is 0 Å². The molecule has 0 aromatic heterocycles. The summed E-state index contributed by atoms with van der Waals surface area (Å²) in [7, 11) is 4.07. The predicted molar refractivity (Wildman–Crippen MR) is 222 cm³/mol. The van der Waals surface area contributed by atoms with Gasteiger partial charge in [-0.2, -0.15) is 0 Å². The molecule has 0 heterocycles. The largest absolute Gasteiger partial charge is 0.447 e. The maximum atomic E-state index is 12.2. The number of amides is 1. The van der Waals surface area contributed by atoms with E-state index in [-0.39, 0.29) is 18.8 Å². The van der Waals surface area contributed by atoms with Crippen LogP contribution in [0.25, 0.3) is 0 Å². The second-order valence-electron chi connectivity index (χ2n) is 15.1. The number of nitrogens with one attached hydrogen (secondary N) is 1. The van der Waals surface area contributed by atoms with Crippen molar-refractivity contribution in [1.82, 2.24) is 10.2 Å². The average Bonchev–Trinajstić information content (AvgIpc) is 3.12. The van der Waals surface area contributed by atoms with Gasteiger partial charge in [0.15, 0.2) is 0 Å². The van der Waals surface area contributed by atoms with Crippen LogP contribution in [0.2, 0.25) is 0 Å². The van der Waals surface area contributed by atoms with Crippen LogP contribution in [0, 0.1) is 0 Å². The van der Waals surface area contributed by atoms with Crippen LogP contribution in [0.4, 0.5) is 4.79 Å². The minimum atomic E-state index is -0.368. The molecule has 51 heavy (non-hydrogen) atoms. The Morgan fingerprint density at radius 1 is 0.529 bits per heavy atom. The van der Waals surface area contributed by atoms with E-state index in [0.29, 0.717) is 19.8 Å². The molecule has 0 saturated carbocycles. The Hall–Kier alpha value is -1.37. The summed E-state index contributed by atoms with van der Waals surface area (Å²) in [6.45, 7) is 8.26. The molecule has 0 bridgehead atoms. The van der Waals surface area contributed by atoms with Gasteiger partial charge in [-0.1, -0.05) is 154 Å². The molecule has 6 nitrogen and oxygen atoms in total. The molecular formula is C45H88N2O4. The highest BCUT2D eigenvalue weighted by Gasteiger charge is 2.13. The highest BCUT2D eigenvalue weighted by molar-refractivity contribution is 5.67. The van der Waals surface area contributed by atoms with Gasteiger partial charge in [-0.25, -0.2) is 4.79 Å². The molecule has 0 aliphatic rings. The molecule has 0 aliphatic carbocycles. The highest BCUT2D eigenvalue weighted by Crippen LogP contribution is 2.12. The Balaban J connectivity index is 3.98. The Morgan fingerprint density at radius 2 is 0.941 bits per heavy atom. The molecule has 1 N–H and O–H groups in total. The summed E-state index contributed by atoms with van der Waals surface area (Å²) in [5.41, 5.74) is 0. The molecule has 0 fully saturated rings. The van der Waals surface area contributed by atoms with Crippen LogP contribution in [0.1, 0.15) is 200 Å². The third kappa shape index (κ3) is 42.9.